The topological polar surface area (TPSA) is 59.8 Å². The van der Waals surface area contributed by atoms with Gasteiger partial charge in [0, 0.05) is 22.6 Å². The normalized spacial score (nSPS) is 12.5. The number of amides is 1. The molecule has 3 rings (SSSR count). The number of carbonyl (C=O) groups is 1. The molecule has 0 aliphatic rings. The van der Waals surface area contributed by atoms with Gasteiger partial charge in [0.2, 0.25) is 0 Å². The van der Waals surface area contributed by atoms with E-state index in [1.165, 1.54) is 0 Å². The molecule has 0 saturated carbocycles. The minimum atomic E-state index is -0.163. The molecule has 3 aromatic rings. The molecule has 6 heteroatoms. The fraction of sp³-hybridized carbons (Fsp3) is 0.278. The van der Waals surface area contributed by atoms with Crippen LogP contribution < -0.4 is 5.32 Å². The molecule has 24 heavy (non-hydrogen) atoms. The lowest BCUT2D eigenvalue weighted by atomic mass is 10.1. The molecule has 2 aromatic heterocycles. The van der Waals surface area contributed by atoms with Crippen LogP contribution >= 0.6 is 11.6 Å². The molecule has 0 saturated heterocycles. The molecule has 124 valence electrons. The van der Waals surface area contributed by atoms with Crippen molar-refractivity contribution in [2.24, 2.45) is 0 Å². The summed E-state index contributed by atoms with van der Waals surface area (Å²) < 4.78 is 1.84. The van der Waals surface area contributed by atoms with Gasteiger partial charge in [-0.3, -0.25) is 4.79 Å². The van der Waals surface area contributed by atoms with Crippen LogP contribution in [0.25, 0.3) is 11.0 Å². The Morgan fingerprint density at radius 2 is 1.88 bits per heavy atom. The van der Waals surface area contributed by atoms with E-state index in [4.69, 9.17) is 11.6 Å². The Bertz CT molecular complexity index is 870. The number of aromatic nitrogens is 3. The Kier molecular flexibility index (Phi) is 4.53. The maximum absolute atomic E-state index is 12.5. The third-order valence-electron chi connectivity index (χ3n) is 3.90. The highest BCUT2D eigenvalue weighted by Gasteiger charge is 2.14. The van der Waals surface area contributed by atoms with E-state index in [0.717, 1.165) is 16.6 Å². The standard InChI is InChI=1S/C18H19ClN4O/c1-11(2)23-17-14(10-21-23)8-15(9-20-17)18(24)22-12(3)13-4-6-16(19)7-5-13/h4-12H,1-3H3,(H,22,24). The molecule has 0 radical (unpaired) electrons. The second-order valence-corrected chi connectivity index (χ2v) is 6.50. The van der Waals surface area contributed by atoms with E-state index in [2.05, 4.69) is 15.4 Å². The van der Waals surface area contributed by atoms with Crippen molar-refractivity contribution in [3.63, 3.8) is 0 Å². The second kappa shape index (κ2) is 6.61. The maximum atomic E-state index is 12.5. The van der Waals surface area contributed by atoms with Crippen molar-refractivity contribution in [1.82, 2.24) is 20.1 Å². The van der Waals surface area contributed by atoms with E-state index in [0.29, 0.717) is 10.6 Å². The molecule has 1 atom stereocenters. The number of nitrogens with zero attached hydrogens (tertiary/aromatic N) is 3. The Balaban J connectivity index is 1.79. The highest BCUT2D eigenvalue weighted by atomic mass is 35.5. The molecule has 1 unspecified atom stereocenters. The van der Waals surface area contributed by atoms with Gasteiger partial charge in [-0.15, -0.1) is 0 Å². The Morgan fingerprint density at radius 3 is 2.54 bits per heavy atom. The van der Waals surface area contributed by atoms with Gasteiger partial charge in [-0.1, -0.05) is 23.7 Å². The largest absolute Gasteiger partial charge is 0.345 e. The lowest BCUT2D eigenvalue weighted by molar-refractivity contribution is 0.0939. The van der Waals surface area contributed by atoms with Crippen molar-refractivity contribution < 1.29 is 4.79 Å². The molecule has 2 heterocycles. The van der Waals surface area contributed by atoms with Crippen LogP contribution in [0.5, 0.6) is 0 Å². The number of pyridine rings is 1. The zero-order valence-electron chi connectivity index (χ0n) is 13.8. The number of benzene rings is 1. The maximum Gasteiger partial charge on any atom is 0.253 e. The highest BCUT2D eigenvalue weighted by molar-refractivity contribution is 6.30. The van der Waals surface area contributed by atoms with Gasteiger partial charge in [0.15, 0.2) is 5.65 Å². The lowest BCUT2D eigenvalue weighted by Crippen LogP contribution is -2.26. The Hall–Kier alpha value is -2.40. The number of fused-ring (bicyclic) bond motifs is 1. The first kappa shape index (κ1) is 16.5. The summed E-state index contributed by atoms with van der Waals surface area (Å²) in [7, 11) is 0. The van der Waals surface area contributed by atoms with Crippen molar-refractivity contribution >= 4 is 28.5 Å². The summed E-state index contributed by atoms with van der Waals surface area (Å²) in [6.45, 7) is 6.02. The molecule has 0 aliphatic heterocycles. The van der Waals surface area contributed by atoms with Gasteiger partial charge >= 0.3 is 0 Å². The van der Waals surface area contributed by atoms with Crippen molar-refractivity contribution in [1.29, 1.82) is 0 Å². The molecule has 1 aromatic carbocycles. The van der Waals surface area contributed by atoms with Crippen molar-refractivity contribution in [2.75, 3.05) is 0 Å². The summed E-state index contributed by atoms with van der Waals surface area (Å²) in [5.41, 5.74) is 2.30. The van der Waals surface area contributed by atoms with E-state index in [1.54, 1.807) is 12.4 Å². The van der Waals surface area contributed by atoms with Gasteiger partial charge in [-0.25, -0.2) is 9.67 Å². The van der Waals surface area contributed by atoms with E-state index >= 15 is 0 Å². The fourth-order valence-corrected chi connectivity index (χ4v) is 2.68. The second-order valence-electron chi connectivity index (χ2n) is 6.07. The van der Waals surface area contributed by atoms with E-state index < -0.39 is 0 Å². The van der Waals surface area contributed by atoms with Gasteiger partial charge in [0.25, 0.3) is 5.91 Å². The quantitative estimate of drug-likeness (QED) is 0.774. The third kappa shape index (κ3) is 3.26. The van der Waals surface area contributed by atoms with Gasteiger partial charge in [-0.05, 0) is 44.5 Å². The van der Waals surface area contributed by atoms with Gasteiger partial charge in [-0.2, -0.15) is 5.10 Å². The van der Waals surface area contributed by atoms with Crippen LogP contribution in [0.2, 0.25) is 5.02 Å². The molecule has 0 aliphatic carbocycles. The monoisotopic (exact) mass is 342 g/mol. The first-order valence-electron chi connectivity index (χ1n) is 7.85. The fourth-order valence-electron chi connectivity index (χ4n) is 2.56. The summed E-state index contributed by atoms with van der Waals surface area (Å²) in [5.74, 6) is -0.163. The average Bonchev–Trinajstić information content (AvgIpc) is 2.98. The number of rotatable bonds is 4. The summed E-state index contributed by atoms with van der Waals surface area (Å²) in [6, 6.07) is 9.35. The number of nitrogens with one attached hydrogen (secondary N) is 1. The van der Waals surface area contributed by atoms with Gasteiger partial charge in [0.05, 0.1) is 17.8 Å². The van der Waals surface area contributed by atoms with E-state index in [1.807, 2.05) is 55.8 Å². The number of hydrogen-bond acceptors (Lipinski definition) is 3. The molecular formula is C18H19ClN4O. The molecule has 5 nitrogen and oxygen atoms in total. The zero-order valence-corrected chi connectivity index (χ0v) is 14.6. The van der Waals surface area contributed by atoms with Crippen LogP contribution in [0.3, 0.4) is 0 Å². The van der Waals surface area contributed by atoms with Crippen LogP contribution in [-0.4, -0.2) is 20.7 Å². The first-order chi connectivity index (χ1) is 11.5. The minimum absolute atomic E-state index is 0.121. The number of carbonyl (C=O) groups excluding carboxylic acids is 1. The predicted molar refractivity (Wildman–Crippen MR) is 95.2 cm³/mol. The van der Waals surface area contributed by atoms with Crippen molar-refractivity contribution in [3.05, 3.63) is 58.9 Å². The third-order valence-corrected chi connectivity index (χ3v) is 4.15. The number of halogens is 1. The van der Waals surface area contributed by atoms with Crippen molar-refractivity contribution in [2.45, 2.75) is 32.9 Å². The van der Waals surface area contributed by atoms with E-state index in [-0.39, 0.29) is 18.0 Å². The van der Waals surface area contributed by atoms with Crippen LogP contribution in [-0.2, 0) is 0 Å². The SMILES string of the molecule is CC(NC(=O)c1cnc2c(cnn2C(C)C)c1)c1ccc(Cl)cc1. The van der Waals surface area contributed by atoms with Crippen molar-refractivity contribution in [3.8, 4) is 0 Å². The first-order valence-corrected chi connectivity index (χ1v) is 8.23. The Labute approximate surface area is 145 Å². The van der Waals surface area contributed by atoms with Crippen LogP contribution in [0.4, 0.5) is 0 Å². The van der Waals surface area contributed by atoms with Gasteiger partial charge in [0.1, 0.15) is 0 Å². The lowest BCUT2D eigenvalue weighted by Gasteiger charge is -2.14. The molecule has 0 spiro atoms. The summed E-state index contributed by atoms with van der Waals surface area (Å²) in [6.07, 6.45) is 3.33. The minimum Gasteiger partial charge on any atom is -0.345 e. The highest BCUT2D eigenvalue weighted by Crippen LogP contribution is 2.19. The summed E-state index contributed by atoms with van der Waals surface area (Å²) in [5, 5.41) is 8.83. The zero-order chi connectivity index (χ0) is 17.3. The van der Waals surface area contributed by atoms with Crippen LogP contribution in [0, 0.1) is 0 Å². The summed E-state index contributed by atoms with van der Waals surface area (Å²) >= 11 is 5.89. The number of hydrogen-bond donors (Lipinski definition) is 1. The molecule has 1 N–H and O–H groups in total. The molecule has 1 amide bonds. The van der Waals surface area contributed by atoms with Crippen LogP contribution in [0.15, 0.2) is 42.7 Å². The smallest absolute Gasteiger partial charge is 0.253 e. The molecule has 0 fully saturated rings. The van der Waals surface area contributed by atoms with E-state index in [9.17, 15) is 4.79 Å². The molecular weight excluding hydrogens is 324 g/mol. The Morgan fingerprint density at radius 1 is 1.17 bits per heavy atom. The van der Waals surface area contributed by atoms with Gasteiger partial charge < -0.3 is 5.32 Å². The van der Waals surface area contributed by atoms with Crippen LogP contribution in [0.1, 0.15) is 48.8 Å². The predicted octanol–water partition coefficient (Wildman–Crippen LogP) is 4.16. The molecule has 0 bridgehead atoms. The summed E-state index contributed by atoms with van der Waals surface area (Å²) in [4.78, 5) is 16.9. The average molecular weight is 343 g/mol.